The van der Waals surface area contributed by atoms with E-state index < -0.39 is 17.6 Å². The number of benzene rings is 2. The van der Waals surface area contributed by atoms with Crippen LogP contribution in [0.5, 0.6) is 0 Å². The molecule has 0 atom stereocenters. The van der Waals surface area contributed by atoms with Gasteiger partial charge in [-0.25, -0.2) is 0 Å². The van der Waals surface area contributed by atoms with Gasteiger partial charge in [0.1, 0.15) is 0 Å². The normalized spacial score (nSPS) is 14.5. The summed E-state index contributed by atoms with van der Waals surface area (Å²) in [6.45, 7) is 0.437. The zero-order valence-corrected chi connectivity index (χ0v) is 14.8. The first-order valence-corrected chi connectivity index (χ1v) is 8.58. The van der Waals surface area contributed by atoms with Gasteiger partial charge in [0, 0.05) is 37.8 Å². The molecular formula is C20H19F3N2O2. The van der Waals surface area contributed by atoms with Crippen molar-refractivity contribution < 1.29 is 22.8 Å². The first-order chi connectivity index (χ1) is 12.8. The Morgan fingerprint density at radius 3 is 2.56 bits per heavy atom. The summed E-state index contributed by atoms with van der Waals surface area (Å²) in [6, 6.07) is 11.8. The highest BCUT2D eigenvalue weighted by Crippen LogP contribution is 2.32. The van der Waals surface area contributed by atoms with E-state index in [1.165, 1.54) is 30.1 Å². The lowest BCUT2D eigenvalue weighted by Gasteiger charge is -2.21. The molecule has 0 aliphatic carbocycles. The van der Waals surface area contributed by atoms with Crippen LogP contribution >= 0.6 is 0 Å². The molecule has 3 rings (SSSR count). The number of hydrogen-bond acceptors (Lipinski definition) is 2. The number of alkyl halides is 3. The Labute approximate surface area is 155 Å². The minimum Gasteiger partial charge on any atom is -0.337 e. The standard InChI is InChI=1S/C20H19F3N2O2/c1-24(13-15-6-2-3-9-17(15)20(21,22)23)19(27)14-7-4-8-16(12-14)25-11-5-10-18(25)26/h2-4,6-9,12H,5,10-11,13H2,1H3. The summed E-state index contributed by atoms with van der Waals surface area (Å²) in [7, 11) is 1.46. The molecule has 1 aliphatic heterocycles. The van der Waals surface area contributed by atoms with Gasteiger partial charge in [-0.1, -0.05) is 24.3 Å². The van der Waals surface area contributed by atoms with Gasteiger partial charge in [0.15, 0.2) is 0 Å². The van der Waals surface area contributed by atoms with Crippen LogP contribution < -0.4 is 4.90 Å². The predicted octanol–water partition coefficient (Wildman–Crippen LogP) is 4.10. The van der Waals surface area contributed by atoms with Crippen molar-refractivity contribution in [3.05, 3.63) is 65.2 Å². The molecule has 7 heteroatoms. The van der Waals surface area contributed by atoms with E-state index in [1.807, 2.05) is 0 Å². The molecule has 1 heterocycles. The van der Waals surface area contributed by atoms with Gasteiger partial charge in [0.25, 0.3) is 5.91 Å². The van der Waals surface area contributed by atoms with Crippen LogP contribution in [0.2, 0.25) is 0 Å². The average Bonchev–Trinajstić information content (AvgIpc) is 3.06. The third-order valence-corrected chi connectivity index (χ3v) is 4.56. The number of rotatable bonds is 4. The van der Waals surface area contributed by atoms with E-state index in [0.717, 1.165) is 12.5 Å². The fourth-order valence-electron chi connectivity index (χ4n) is 3.21. The Balaban J connectivity index is 1.80. The maximum absolute atomic E-state index is 13.1. The van der Waals surface area contributed by atoms with Crippen LogP contribution in [0.4, 0.5) is 18.9 Å². The van der Waals surface area contributed by atoms with Crippen molar-refractivity contribution in [2.75, 3.05) is 18.5 Å². The number of halogens is 3. The summed E-state index contributed by atoms with van der Waals surface area (Å²) in [4.78, 5) is 27.5. The molecule has 2 aromatic rings. The van der Waals surface area contributed by atoms with Gasteiger partial charge >= 0.3 is 6.18 Å². The summed E-state index contributed by atoms with van der Waals surface area (Å²) in [5.41, 5.74) is 0.249. The molecule has 1 saturated heterocycles. The maximum Gasteiger partial charge on any atom is 0.416 e. The molecule has 1 fully saturated rings. The van der Waals surface area contributed by atoms with Crippen molar-refractivity contribution in [2.45, 2.75) is 25.6 Å². The number of anilines is 1. The van der Waals surface area contributed by atoms with Crippen LogP contribution in [-0.2, 0) is 17.5 Å². The Kier molecular flexibility index (Phi) is 5.21. The quantitative estimate of drug-likeness (QED) is 0.806. The van der Waals surface area contributed by atoms with E-state index in [0.29, 0.717) is 24.2 Å². The summed E-state index contributed by atoms with van der Waals surface area (Å²) in [5, 5.41) is 0. The second-order valence-electron chi connectivity index (χ2n) is 6.52. The smallest absolute Gasteiger partial charge is 0.337 e. The zero-order valence-electron chi connectivity index (χ0n) is 14.8. The van der Waals surface area contributed by atoms with Crippen molar-refractivity contribution >= 4 is 17.5 Å². The maximum atomic E-state index is 13.1. The molecule has 0 aromatic heterocycles. The van der Waals surface area contributed by atoms with Crippen LogP contribution in [0, 0.1) is 0 Å². The van der Waals surface area contributed by atoms with Crippen LogP contribution in [-0.4, -0.2) is 30.3 Å². The molecule has 0 saturated carbocycles. The van der Waals surface area contributed by atoms with E-state index >= 15 is 0 Å². The number of nitrogens with zero attached hydrogens (tertiary/aromatic N) is 2. The highest BCUT2D eigenvalue weighted by Gasteiger charge is 2.33. The van der Waals surface area contributed by atoms with Crippen molar-refractivity contribution in [2.24, 2.45) is 0 Å². The molecule has 2 amide bonds. The fraction of sp³-hybridized carbons (Fsp3) is 0.300. The topological polar surface area (TPSA) is 40.6 Å². The van der Waals surface area contributed by atoms with E-state index in [4.69, 9.17) is 0 Å². The molecular weight excluding hydrogens is 357 g/mol. The van der Waals surface area contributed by atoms with E-state index in [-0.39, 0.29) is 18.0 Å². The largest absolute Gasteiger partial charge is 0.416 e. The van der Waals surface area contributed by atoms with E-state index in [1.54, 1.807) is 29.2 Å². The summed E-state index contributed by atoms with van der Waals surface area (Å²) < 4.78 is 39.4. The highest BCUT2D eigenvalue weighted by atomic mass is 19.4. The Morgan fingerprint density at radius 2 is 1.89 bits per heavy atom. The minimum absolute atomic E-state index is 0.00654. The number of carbonyl (C=O) groups is 2. The Morgan fingerprint density at radius 1 is 1.15 bits per heavy atom. The molecule has 0 bridgehead atoms. The second kappa shape index (κ2) is 7.42. The molecule has 2 aromatic carbocycles. The van der Waals surface area contributed by atoms with Crippen LogP contribution in [0.15, 0.2) is 48.5 Å². The molecule has 0 N–H and O–H groups in total. The Hall–Kier alpha value is -2.83. The second-order valence-corrected chi connectivity index (χ2v) is 6.52. The van der Waals surface area contributed by atoms with Crippen LogP contribution in [0.3, 0.4) is 0 Å². The average molecular weight is 376 g/mol. The molecule has 0 unspecified atom stereocenters. The summed E-state index contributed by atoms with van der Waals surface area (Å²) in [6.07, 6.45) is -3.23. The highest BCUT2D eigenvalue weighted by molar-refractivity contribution is 5.99. The molecule has 142 valence electrons. The SMILES string of the molecule is CN(Cc1ccccc1C(F)(F)F)C(=O)c1cccc(N2CCCC2=O)c1. The first-order valence-electron chi connectivity index (χ1n) is 8.58. The van der Waals surface area contributed by atoms with E-state index in [9.17, 15) is 22.8 Å². The third-order valence-electron chi connectivity index (χ3n) is 4.56. The van der Waals surface area contributed by atoms with Gasteiger partial charge in [-0.05, 0) is 36.2 Å². The van der Waals surface area contributed by atoms with Gasteiger partial charge in [0.05, 0.1) is 5.56 Å². The van der Waals surface area contributed by atoms with Gasteiger partial charge in [0.2, 0.25) is 5.91 Å². The molecule has 27 heavy (non-hydrogen) atoms. The van der Waals surface area contributed by atoms with Crippen molar-refractivity contribution in [1.29, 1.82) is 0 Å². The number of carbonyl (C=O) groups excluding carboxylic acids is 2. The lowest BCUT2D eigenvalue weighted by atomic mass is 10.1. The van der Waals surface area contributed by atoms with Crippen molar-refractivity contribution in [1.82, 2.24) is 4.90 Å². The molecule has 1 aliphatic rings. The predicted molar refractivity (Wildman–Crippen MR) is 95.3 cm³/mol. The van der Waals surface area contributed by atoms with Gasteiger partial charge < -0.3 is 9.80 Å². The van der Waals surface area contributed by atoms with Gasteiger partial charge in [-0.3, -0.25) is 9.59 Å². The minimum atomic E-state index is -4.48. The third kappa shape index (κ3) is 4.13. The van der Waals surface area contributed by atoms with Gasteiger partial charge in [-0.2, -0.15) is 13.2 Å². The number of hydrogen-bond donors (Lipinski definition) is 0. The molecule has 4 nitrogen and oxygen atoms in total. The summed E-state index contributed by atoms with van der Waals surface area (Å²) in [5.74, 6) is -0.396. The zero-order chi connectivity index (χ0) is 19.6. The lowest BCUT2D eigenvalue weighted by molar-refractivity contribution is -0.138. The molecule has 0 radical (unpaired) electrons. The van der Waals surface area contributed by atoms with Gasteiger partial charge in [-0.15, -0.1) is 0 Å². The summed E-state index contributed by atoms with van der Waals surface area (Å²) >= 11 is 0. The van der Waals surface area contributed by atoms with E-state index in [2.05, 4.69) is 0 Å². The molecule has 0 spiro atoms. The van der Waals surface area contributed by atoms with Crippen molar-refractivity contribution in [3.8, 4) is 0 Å². The monoisotopic (exact) mass is 376 g/mol. The van der Waals surface area contributed by atoms with Crippen molar-refractivity contribution in [3.63, 3.8) is 0 Å². The Bertz CT molecular complexity index is 864. The van der Waals surface area contributed by atoms with Crippen LogP contribution in [0.1, 0.15) is 34.3 Å². The first kappa shape index (κ1) is 18.9. The van der Waals surface area contributed by atoms with Crippen LogP contribution in [0.25, 0.3) is 0 Å². The lowest BCUT2D eigenvalue weighted by Crippen LogP contribution is -2.28. The number of amides is 2. The fourth-order valence-corrected chi connectivity index (χ4v) is 3.21.